The van der Waals surface area contributed by atoms with E-state index in [-0.39, 0.29) is 18.2 Å². The van der Waals surface area contributed by atoms with Crippen LogP contribution in [0.25, 0.3) is 10.8 Å². The minimum Gasteiger partial charge on any atom is -0.485 e. The van der Waals surface area contributed by atoms with E-state index in [0.29, 0.717) is 18.2 Å². The third-order valence-electron chi connectivity index (χ3n) is 4.30. The van der Waals surface area contributed by atoms with Crippen LogP contribution in [0, 0.1) is 0 Å². The van der Waals surface area contributed by atoms with E-state index in [1.165, 1.54) is 0 Å². The second-order valence-corrected chi connectivity index (χ2v) is 7.72. The van der Waals surface area contributed by atoms with Crippen LogP contribution >= 0.6 is 11.3 Å². The van der Waals surface area contributed by atoms with Gasteiger partial charge in [-0.15, -0.1) is 11.3 Å². The van der Waals surface area contributed by atoms with E-state index in [0.717, 1.165) is 27.2 Å². The molecule has 3 heterocycles. The first-order valence-corrected chi connectivity index (χ1v) is 10.1. The van der Waals surface area contributed by atoms with Gasteiger partial charge in [0.2, 0.25) is 0 Å². The van der Waals surface area contributed by atoms with Gasteiger partial charge < -0.3 is 14.6 Å². The highest BCUT2D eigenvalue weighted by Crippen LogP contribution is 2.25. The number of rotatable bonds is 7. The van der Waals surface area contributed by atoms with E-state index in [4.69, 9.17) is 9.26 Å². The summed E-state index contributed by atoms with van der Waals surface area (Å²) < 4.78 is 11.1. The predicted octanol–water partition coefficient (Wildman–Crippen LogP) is 4.31. The SMILES string of the molecule is CC(C)c1nc(CNC(=O)c2cc(COc3cccc4cnccc34)on2)cs1. The van der Waals surface area contributed by atoms with E-state index in [2.05, 4.69) is 34.3 Å². The lowest BCUT2D eigenvalue weighted by molar-refractivity contribution is 0.0941. The standard InChI is InChI=1S/C21H20N4O3S/c1-13(2)21-24-15(12-29-21)10-23-20(26)18-8-16(28-25-18)11-27-19-5-3-4-14-9-22-7-6-17(14)19/h3-9,12-13H,10-11H2,1-2H3,(H,23,26). The van der Waals surface area contributed by atoms with Crippen molar-refractivity contribution in [2.45, 2.75) is 32.9 Å². The van der Waals surface area contributed by atoms with Gasteiger partial charge in [0, 0.05) is 40.5 Å². The zero-order chi connectivity index (χ0) is 20.2. The molecule has 0 atom stereocenters. The molecule has 4 rings (SSSR count). The van der Waals surface area contributed by atoms with E-state index in [1.807, 2.05) is 29.6 Å². The summed E-state index contributed by atoms with van der Waals surface area (Å²) in [5, 5.41) is 11.6. The Kier molecular flexibility index (Phi) is 5.53. The zero-order valence-electron chi connectivity index (χ0n) is 16.1. The first-order chi connectivity index (χ1) is 14.1. The van der Waals surface area contributed by atoms with Gasteiger partial charge in [-0.1, -0.05) is 31.1 Å². The van der Waals surface area contributed by atoms with Crippen molar-refractivity contribution in [2.75, 3.05) is 0 Å². The number of hydrogen-bond acceptors (Lipinski definition) is 7. The van der Waals surface area contributed by atoms with Crippen LogP contribution in [-0.4, -0.2) is 21.0 Å². The lowest BCUT2D eigenvalue weighted by atomic mass is 10.1. The Balaban J connectivity index is 1.35. The highest BCUT2D eigenvalue weighted by Gasteiger charge is 2.14. The fraction of sp³-hybridized carbons (Fsp3) is 0.238. The maximum absolute atomic E-state index is 12.3. The topological polar surface area (TPSA) is 90.1 Å². The summed E-state index contributed by atoms with van der Waals surface area (Å²) in [5.74, 6) is 1.25. The molecule has 29 heavy (non-hydrogen) atoms. The van der Waals surface area contributed by atoms with Crippen LogP contribution in [0.5, 0.6) is 5.75 Å². The molecule has 0 radical (unpaired) electrons. The molecule has 0 aliphatic heterocycles. The maximum atomic E-state index is 12.3. The highest BCUT2D eigenvalue weighted by atomic mass is 32.1. The van der Waals surface area contributed by atoms with Crippen molar-refractivity contribution in [3.05, 3.63) is 70.3 Å². The van der Waals surface area contributed by atoms with E-state index in [1.54, 1.807) is 29.8 Å². The van der Waals surface area contributed by atoms with Crippen LogP contribution in [0.3, 0.4) is 0 Å². The van der Waals surface area contributed by atoms with Crippen molar-refractivity contribution >= 4 is 28.0 Å². The lowest BCUT2D eigenvalue weighted by Crippen LogP contribution is -2.23. The van der Waals surface area contributed by atoms with Gasteiger partial charge in [0.25, 0.3) is 5.91 Å². The lowest BCUT2D eigenvalue weighted by Gasteiger charge is -2.07. The number of aromatic nitrogens is 3. The van der Waals surface area contributed by atoms with Gasteiger partial charge in [-0.3, -0.25) is 9.78 Å². The average Bonchev–Trinajstić information content (AvgIpc) is 3.40. The number of fused-ring (bicyclic) bond motifs is 1. The van der Waals surface area contributed by atoms with Crippen LogP contribution in [0.4, 0.5) is 0 Å². The maximum Gasteiger partial charge on any atom is 0.273 e. The van der Waals surface area contributed by atoms with Crippen molar-refractivity contribution < 1.29 is 14.1 Å². The number of carbonyl (C=O) groups is 1. The number of amides is 1. The molecule has 0 spiro atoms. The normalized spacial score (nSPS) is 11.1. The summed E-state index contributed by atoms with van der Waals surface area (Å²) in [5.41, 5.74) is 1.05. The number of nitrogens with zero attached hydrogens (tertiary/aromatic N) is 3. The molecule has 148 valence electrons. The third-order valence-corrected chi connectivity index (χ3v) is 5.49. The fourth-order valence-electron chi connectivity index (χ4n) is 2.79. The number of thiazole rings is 1. The summed E-state index contributed by atoms with van der Waals surface area (Å²) in [6.07, 6.45) is 3.50. The molecule has 0 bridgehead atoms. The number of hydrogen-bond donors (Lipinski definition) is 1. The van der Waals surface area contributed by atoms with E-state index >= 15 is 0 Å². The molecule has 1 amide bonds. The molecule has 4 aromatic rings. The number of ether oxygens (including phenoxy) is 1. The van der Waals surface area contributed by atoms with Crippen LogP contribution < -0.4 is 10.1 Å². The van der Waals surface area contributed by atoms with Gasteiger partial charge in [-0.05, 0) is 12.1 Å². The number of pyridine rings is 1. The van der Waals surface area contributed by atoms with Gasteiger partial charge in [0.1, 0.15) is 12.4 Å². The summed E-state index contributed by atoms with van der Waals surface area (Å²) in [4.78, 5) is 20.9. The summed E-state index contributed by atoms with van der Waals surface area (Å²) in [7, 11) is 0. The highest BCUT2D eigenvalue weighted by molar-refractivity contribution is 7.09. The average molecular weight is 408 g/mol. The largest absolute Gasteiger partial charge is 0.485 e. The van der Waals surface area contributed by atoms with Crippen LogP contribution in [0.15, 0.2) is 52.6 Å². The van der Waals surface area contributed by atoms with Crippen LogP contribution in [0.2, 0.25) is 0 Å². The second-order valence-electron chi connectivity index (χ2n) is 6.83. The zero-order valence-corrected chi connectivity index (χ0v) is 16.9. The van der Waals surface area contributed by atoms with Crippen molar-refractivity contribution in [3.8, 4) is 5.75 Å². The van der Waals surface area contributed by atoms with Crippen LogP contribution in [0.1, 0.15) is 46.7 Å². The molecule has 7 nitrogen and oxygen atoms in total. The molecule has 0 saturated carbocycles. The van der Waals surface area contributed by atoms with Crippen LogP contribution in [-0.2, 0) is 13.2 Å². The Hall–Kier alpha value is -3.26. The molecular weight excluding hydrogens is 388 g/mol. The Morgan fingerprint density at radius 2 is 2.21 bits per heavy atom. The van der Waals surface area contributed by atoms with Crippen molar-refractivity contribution in [1.82, 2.24) is 20.4 Å². The monoisotopic (exact) mass is 408 g/mol. The Bertz CT molecular complexity index is 1130. The molecule has 3 aromatic heterocycles. The molecule has 1 aromatic carbocycles. The molecule has 0 aliphatic rings. The minimum atomic E-state index is -0.310. The Morgan fingerprint density at radius 3 is 3.03 bits per heavy atom. The second kappa shape index (κ2) is 8.40. The molecule has 8 heteroatoms. The summed E-state index contributed by atoms with van der Waals surface area (Å²) in [6, 6.07) is 9.24. The first kappa shape index (κ1) is 19.1. The molecular formula is C21H20N4O3S. The third kappa shape index (κ3) is 4.43. The van der Waals surface area contributed by atoms with Crippen molar-refractivity contribution in [3.63, 3.8) is 0 Å². The molecule has 0 unspecified atom stereocenters. The fourth-order valence-corrected chi connectivity index (χ4v) is 3.62. The van der Waals surface area contributed by atoms with Gasteiger partial charge in [0.05, 0.1) is 17.2 Å². The summed E-state index contributed by atoms with van der Waals surface area (Å²) in [6.45, 7) is 4.71. The number of nitrogens with one attached hydrogen (secondary N) is 1. The quantitative estimate of drug-likeness (QED) is 0.490. The first-order valence-electron chi connectivity index (χ1n) is 9.24. The van der Waals surface area contributed by atoms with Crippen molar-refractivity contribution in [2.24, 2.45) is 0 Å². The van der Waals surface area contributed by atoms with Gasteiger partial charge in [-0.2, -0.15) is 0 Å². The number of carbonyl (C=O) groups excluding carboxylic acids is 1. The van der Waals surface area contributed by atoms with Crippen molar-refractivity contribution in [1.29, 1.82) is 0 Å². The smallest absolute Gasteiger partial charge is 0.273 e. The van der Waals surface area contributed by atoms with Gasteiger partial charge in [0.15, 0.2) is 11.5 Å². The number of benzene rings is 1. The van der Waals surface area contributed by atoms with E-state index < -0.39 is 0 Å². The minimum absolute atomic E-state index is 0.172. The molecule has 0 aliphatic carbocycles. The summed E-state index contributed by atoms with van der Waals surface area (Å²) >= 11 is 1.60. The van der Waals surface area contributed by atoms with Gasteiger partial charge >= 0.3 is 0 Å². The van der Waals surface area contributed by atoms with Gasteiger partial charge in [-0.25, -0.2) is 4.98 Å². The Labute approximate surface area is 171 Å². The van der Waals surface area contributed by atoms with E-state index in [9.17, 15) is 4.79 Å². The molecule has 1 N–H and O–H groups in total. The molecule has 0 fully saturated rings. The Morgan fingerprint density at radius 1 is 1.31 bits per heavy atom. The predicted molar refractivity (Wildman–Crippen MR) is 110 cm³/mol. The molecule has 0 saturated heterocycles.